The molecule has 1 heteroatoms. The van der Waals surface area contributed by atoms with Gasteiger partial charge in [0.15, 0.2) is 0 Å². The minimum atomic E-state index is 0.700. The summed E-state index contributed by atoms with van der Waals surface area (Å²) in [7, 11) is 0. The molecule has 0 aliphatic heterocycles. The average molecular weight is 217 g/mol. The minimum absolute atomic E-state index is 0.700. The van der Waals surface area contributed by atoms with Crippen LogP contribution in [-0.2, 0) is 6.42 Å². The van der Waals surface area contributed by atoms with Gasteiger partial charge in [-0.3, -0.25) is 0 Å². The molecule has 1 saturated carbocycles. The van der Waals surface area contributed by atoms with Crippen LogP contribution in [-0.4, -0.2) is 12.6 Å². The molecule has 1 fully saturated rings. The standard InChI is InChI=1S/C15H23N/c1-13(15-9-5-6-10-15)16-12-11-14-7-3-2-4-8-14/h2-4,7-8,13,15-16H,5-6,9-12H2,1H3/t13-/m0/s1. The van der Waals surface area contributed by atoms with Crippen molar-refractivity contribution in [1.29, 1.82) is 0 Å². The average Bonchev–Trinajstić information content (AvgIpc) is 2.84. The molecule has 0 spiro atoms. The number of rotatable bonds is 5. The molecule has 0 amide bonds. The van der Waals surface area contributed by atoms with Crippen LogP contribution in [0.2, 0.25) is 0 Å². The second-order valence-electron chi connectivity index (χ2n) is 5.02. The number of nitrogens with one attached hydrogen (secondary N) is 1. The van der Waals surface area contributed by atoms with E-state index in [0.717, 1.165) is 18.9 Å². The molecule has 1 nitrogen and oxygen atoms in total. The molecule has 0 heterocycles. The predicted octanol–water partition coefficient (Wildman–Crippen LogP) is 3.40. The van der Waals surface area contributed by atoms with E-state index in [1.54, 1.807) is 0 Å². The Hall–Kier alpha value is -0.820. The van der Waals surface area contributed by atoms with Gasteiger partial charge in [0.25, 0.3) is 0 Å². The highest BCUT2D eigenvalue weighted by Crippen LogP contribution is 2.27. The van der Waals surface area contributed by atoms with Crippen molar-refractivity contribution in [3.8, 4) is 0 Å². The fourth-order valence-electron chi connectivity index (χ4n) is 2.71. The van der Waals surface area contributed by atoms with E-state index in [1.165, 1.54) is 31.2 Å². The van der Waals surface area contributed by atoms with Crippen molar-refractivity contribution in [3.63, 3.8) is 0 Å². The van der Waals surface area contributed by atoms with Crippen LogP contribution >= 0.6 is 0 Å². The second kappa shape index (κ2) is 6.05. The van der Waals surface area contributed by atoms with Gasteiger partial charge in [-0.05, 0) is 44.2 Å². The van der Waals surface area contributed by atoms with Gasteiger partial charge in [0.2, 0.25) is 0 Å². The topological polar surface area (TPSA) is 12.0 Å². The van der Waals surface area contributed by atoms with Crippen LogP contribution in [0.1, 0.15) is 38.2 Å². The Balaban J connectivity index is 1.67. The lowest BCUT2D eigenvalue weighted by Crippen LogP contribution is -2.33. The summed E-state index contributed by atoms with van der Waals surface area (Å²) in [6.07, 6.45) is 6.89. The summed E-state index contributed by atoms with van der Waals surface area (Å²) >= 11 is 0. The summed E-state index contributed by atoms with van der Waals surface area (Å²) in [6.45, 7) is 3.46. The van der Waals surface area contributed by atoms with Crippen LogP contribution in [0.5, 0.6) is 0 Å². The maximum absolute atomic E-state index is 3.67. The molecule has 1 aliphatic carbocycles. The van der Waals surface area contributed by atoms with Gasteiger partial charge in [0.05, 0.1) is 0 Å². The molecule has 0 saturated heterocycles. The molecule has 1 aromatic carbocycles. The quantitative estimate of drug-likeness (QED) is 0.797. The molecule has 0 bridgehead atoms. The number of benzene rings is 1. The van der Waals surface area contributed by atoms with Crippen molar-refractivity contribution >= 4 is 0 Å². The van der Waals surface area contributed by atoms with E-state index in [2.05, 4.69) is 42.6 Å². The van der Waals surface area contributed by atoms with E-state index in [1.807, 2.05) is 0 Å². The highest BCUT2D eigenvalue weighted by Gasteiger charge is 2.20. The van der Waals surface area contributed by atoms with Crippen molar-refractivity contribution in [3.05, 3.63) is 35.9 Å². The van der Waals surface area contributed by atoms with E-state index in [9.17, 15) is 0 Å². The van der Waals surface area contributed by atoms with Crippen LogP contribution in [0, 0.1) is 5.92 Å². The van der Waals surface area contributed by atoms with Gasteiger partial charge in [-0.25, -0.2) is 0 Å². The highest BCUT2D eigenvalue weighted by atomic mass is 14.9. The van der Waals surface area contributed by atoms with Crippen molar-refractivity contribution in [2.75, 3.05) is 6.54 Å². The number of hydrogen-bond donors (Lipinski definition) is 1. The van der Waals surface area contributed by atoms with E-state index >= 15 is 0 Å². The summed E-state index contributed by atoms with van der Waals surface area (Å²) < 4.78 is 0. The van der Waals surface area contributed by atoms with E-state index < -0.39 is 0 Å². The Bertz CT molecular complexity index is 288. The zero-order valence-corrected chi connectivity index (χ0v) is 10.3. The fraction of sp³-hybridized carbons (Fsp3) is 0.600. The van der Waals surface area contributed by atoms with Gasteiger partial charge in [-0.2, -0.15) is 0 Å². The molecule has 2 rings (SSSR count). The van der Waals surface area contributed by atoms with Gasteiger partial charge in [-0.1, -0.05) is 43.2 Å². The third-order valence-corrected chi connectivity index (χ3v) is 3.83. The van der Waals surface area contributed by atoms with Gasteiger partial charge in [0, 0.05) is 6.04 Å². The first kappa shape index (κ1) is 11.7. The summed E-state index contributed by atoms with van der Waals surface area (Å²) in [5.74, 6) is 0.927. The van der Waals surface area contributed by atoms with Gasteiger partial charge < -0.3 is 5.32 Å². The summed E-state index contributed by atoms with van der Waals surface area (Å²) in [5.41, 5.74) is 1.44. The molecule has 1 atom stereocenters. The molecular weight excluding hydrogens is 194 g/mol. The minimum Gasteiger partial charge on any atom is -0.314 e. The van der Waals surface area contributed by atoms with Gasteiger partial charge in [-0.15, -0.1) is 0 Å². The Labute approximate surface area is 99.3 Å². The van der Waals surface area contributed by atoms with E-state index in [0.29, 0.717) is 6.04 Å². The third kappa shape index (κ3) is 3.34. The molecule has 1 aromatic rings. The molecule has 1 aliphatic rings. The van der Waals surface area contributed by atoms with Crippen LogP contribution in [0.4, 0.5) is 0 Å². The summed E-state index contributed by atoms with van der Waals surface area (Å²) in [5, 5.41) is 3.67. The molecule has 0 unspecified atom stereocenters. The van der Waals surface area contributed by atoms with E-state index in [-0.39, 0.29) is 0 Å². The molecule has 88 valence electrons. The molecule has 16 heavy (non-hydrogen) atoms. The first-order valence-electron chi connectivity index (χ1n) is 6.63. The predicted molar refractivity (Wildman–Crippen MR) is 69.6 cm³/mol. The maximum Gasteiger partial charge on any atom is 0.00671 e. The first-order chi connectivity index (χ1) is 7.86. The monoisotopic (exact) mass is 217 g/mol. The largest absolute Gasteiger partial charge is 0.314 e. The summed E-state index contributed by atoms with van der Waals surface area (Å²) in [6, 6.07) is 11.4. The van der Waals surface area contributed by atoms with E-state index in [4.69, 9.17) is 0 Å². The third-order valence-electron chi connectivity index (χ3n) is 3.83. The lowest BCUT2D eigenvalue weighted by molar-refractivity contribution is 0.384. The van der Waals surface area contributed by atoms with Crippen molar-refractivity contribution in [1.82, 2.24) is 5.32 Å². The Morgan fingerprint density at radius 1 is 1.19 bits per heavy atom. The zero-order chi connectivity index (χ0) is 11.2. The zero-order valence-electron chi connectivity index (χ0n) is 10.3. The van der Waals surface area contributed by atoms with Crippen molar-refractivity contribution in [2.45, 2.75) is 45.1 Å². The Morgan fingerprint density at radius 3 is 2.56 bits per heavy atom. The SMILES string of the molecule is C[C@H](NCCc1ccccc1)C1CCCC1. The van der Waals surface area contributed by atoms with Crippen LogP contribution in [0.25, 0.3) is 0 Å². The Morgan fingerprint density at radius 2 is 1.88 bits per heavy atom. The number of hydrogen-bond acceptors (Lipinski definition) is 1. The van der Waals surface area contributed by atoms with Gasteiger partial charge >= 0.3 is 0 Å². The second-order valence-corrected chi connectivity index (χ2v) is 5.02. The smallest absolute Gasteiger partial charge is 0.00671 e. The fourth-order valence-corrected chi connectivity index (χ4v) is 2.71. The maximum atomic E-state index is 3.67. The van der Waals surface area contributed by atoms with Crippen molar-refractivity contribution in [2.24, 2.45) is 5.92 Å². The lowest BCUT2D eigenvalue weighted by Gasteiger charge is -2.20. The van der Waals surface area contributed by atoms with Crippen molar-refractivity contribution < 1.29 is 0 Å². The van der Waals surface area contributed by atoms with Gasteiger partial charge in [0.1, 0.15) is 0 Å². The molecule has 0 aromatic heterocycles. The Kier molecular flexibility index (Phi) is 4.41. The lowest BCUT2D eigenvalue weighted by atomic mass is 9.99. The first-order valence-corrected chi connectivity index (χ1v) is 6.63. The molecular formula is C15H23N. The van der Waals surface area contributed by atoms with Crippen LogP contribution in [0.15, 0.2) is 30.3 Å². The molecule has 0 radical (unpaired) electrons. The molecule has 1 N–H and O–H groups in total. The van der Waals surface area contributed by atoms with Crippen LogP contribution < -0.4 is 5.32 Å². The highest BCUT2D eigenvalue weighted by molar-refractivity contribution is 5.14. The normalized spacial score (nSPS) is 18.8. The van der Waals surface area contributed by atoms with Crippen LogP contribution in [0.3, 0.4) is 0 Å². The summed E-state index contributed by atoms with van der Waals surface area (Å²) in [4.78, 5) is 0.